The number of rotatable bonds is 3. The van der Waals surface area contributed by atoms with Gasteiger partial charge in [0.1, 0.15) is 0 Å². The van der Waals surface area contributed by atoms with E-state index >= 15 is 0 Å². The summed E-state index contributed by atoms with van der Waals surface area (Å²) in [5.74, 6) is 0. The fourth-order valence-corrected chi connectivity index (χ4v) is 1.02. The number of hydrogen-bond acceptors (Lipinski definition) is 2. The molecule has 0 bridgehead atoms. The molecule has 0 saturated heterocycles. The standard InChI is InChI=1S/C10H8BrNO2/c11-10(12(13)14)8-4-7-9-5-2-1-3-6-9/h1-8H/b7-4+,10-8-. The van der Waals surface area contributed by atoms with Gasteiger partial charge in [-0.1, -0.05) is 42.5 Å². The summed E-state index contributed by atoms with van der Waals surface area (Å²) < 4.78 is -0.0512. The molecule has 0 fully saturated rings. The third-order valence-corrected chi connectivity index (χ3v) is 2.05. The van der Waals surface area contributed by atoms with E-state index in [1.54, 1.807) is 12.2 Å². The Morgan fingerprint density at radius 2 is 2.00 bits per heavy atom. The Balaban J connectivity index is 2.66. The molecule has 0 heterocycles. The summed E-state index contributed by atoms with van der Waals surface area (Å²) in [6.07, 6.45) is 4.82. The first-order valence-corrected chi connectivity index (χ1v) is 4.73. The van der Waals surface area contributed by atoms with Gasteiger partial charge in [-0.25, -0.2) is 0 Å². The fraction of sp³-hybridized carbons (Fsp3) is 0. The smallest absolute Gasteiger partial charge is 0.258 e. The lowest BCUT2D eigenvalue weighted by atomic mass is 10.2. The van der Waals surface area contributed by atoms with Crippen LogP contribution in [-0.4, -0.2) is 4.92 Å². The molecule has 0 N–H and O–H groups in total. The van der Waals surface area contributed by atoms with Crippen LogP contribution in [0.15, 0.2) is 47.1 Å². The topological polar surface area (TPSA) is 43.1 Å². The van der Waals surface area contributed by atoms with Gasteiger partial charge in [0.15, 0.2) is 0 Å². The quantitative estimate of drug-likeness (QED) is 0.359. The van der Waals surface area contributed by atoms with E-state index in [9.17, 15) is 10.1 Å². The second-order valence-electron chi connectivity index (χ2n) is 2.52. The highest BCUT2D eigenvalue weighted by molar-refractivity contribution is 9.11. The van der Waals surface area contributed by atoms with Crippen LogP contribution in [0, 0.1) is 10.1 Å². The number of allylic oxidation sites excluding steroid dienone is 2. The summed E-state index contributed by atoms with van der Waals surface area (Å²) >= 11 is 2.83. The third-order valence-electron chi connectivity index (χ3n) is 1.50. The fourth-order valence-electron chi connectivity index (χ4n) is 0.864. The molecular formula is C10H8BrNO2. The van der Waals surface area contributed by atoms with Crippen molar-refractivity contribution in [2.24, 2.45) is 0 Å². The predicted octanol–water partition coefficient (Wildman–Crippen LogP) is 3.21. The number of benzene rings is 1. The Kier molecular flexibility index (Phi) is 4.07. The molecule has 0 spiro atoms. The Labute approximate surface area is 90.0 Å². The molecule has 0 aliphatic heterocycles. The van der Waals surface area contributed by atoms with Crippen LogP contribution < -0.4 is 0 Å². The molecule has 1 rings (SSSR count). The highest BCUT2D eigenvalue weighted by atomic mass is 79.9. The molecule has 0 aliphatic rings. The van der Waals surface area contributed by atoms with Gasteiger partial charge in [-0.15, -0.1) is 0 Å². The van der Waals surface area contributed by atoms with Gasteiger partial charge in [0.2, 0.25) is 0 Å². The second-order valence-corrected chi connectivity index (χ2v) is 3.33. The van der Waals surface area contributed by atoms with E-state index in [-0.39, 0.29) is 4.61 Å². The summed E-state index contributed by atoms with van der Waals surface area (Å²) in [5.41, 5.74) is 1.01. The maximum Gasteiger partial charge on any atom is 0.310 e. The molecule has 4 heteroatoms. The number of hydrogen-bond donors (Lipinski definition) is 0. The SMILES string of the molecule is O=[N+]([O-])/C(Br)=C\C=C\c1ccccc1. The first-order valence-electron chi connectivity index (χ1n) is 3.93. The molecule has 0 radical (unpaired) electrons. The molecule has 0 aliphatic carbocycles. The first-order chi connectivity index (χ1) is 6.70. The summed E-state index contributed by atoms with van der Waals surface area (Å²) in [6, 6.07) is 9.58. The lowest BCUT2D eigenvalue weighted by Crippen LogP contribution is -1.88. The van der Waals surface area contributed by atoms with Crippen LogP contribution in [0.1, 0.15) is 5.56 Å². The van der Waals surface area contributed by atoms with E-state index in [1.165, 1.54) is 6.08 Å². The summed E-state index contributed by atoms with van der Waals surface area (Å²) in [7, 11) is 0. The van der Waals surface area contributed by atoms with Gasteiger partial charge >= 0.3 is 4.61 Å². The maximum absolute atomic E-state index is 10.2. The molecule has 0 unspecified atom stereocenters. The minimum atomic E-state index is -0.491. The molecule has 3 nitrogen and oxygen atoms in total. The van der Waals surface area contributed by atoms with E-state index in [0.717, 1.165) is 5.56 Å². The van der Waals surface area contributed by atoms with Crippen LogP contribution in [0.5, 0.6) is 0 Å². The monoisotopic (exact) mass is 253 g/mol. The van der Waals surface area contributed by atoms with Crippen LogP contribution >= 0.6 is 15.9 Å². The van der Waals surface area contributed by atoms with Gasteiger partial charge in [0.25, 0.3) is 0 Å². The minimum absolute atomic E-state index is 0.0512. The van der Waals surface area contributed by atoms with Crippen molar-refractivity contribution in [1.82, 2.24) is 0 Å². The van der Waals surface area contributed by atoms with Crippen molar-refractivity contribution < 1.29 is 4.92 Å². The highest BCUT2D eigenvalue weighted by Gasteiger charge is 1.99. The van der Waals surface area contributed by atoms with Crippen LogP contribution in [0.4, 0.5) is 0 Å². The first kappa shape index (κ1) is 10.7. The van der Waals surface area contributed by atoms with Gasteiger partial charge in [-0.2, -0.15) is 0 Å². The lowest BCUT2D eigenvalue weighted by molar-refractivity contribution is -0.408. The molecule has 1 aromatic carbocycles. The average Bonchev–Trinajstić information content (AvgIpc) is 2.19. The van der Waals surface area contributed by atoms with E-state index in [2.05, 4.69) is 15.9 Å². The van der Waals surface area contributed by atoms with Gasteiger partial charge in [-0.05, 0) is 5.56 Å². The number of halogens is 1. The second kappa shape index (κ2) is 5.34. The lowest BCUT2D eigenvalue weighted by Gasteiger charge is -1.88. The number of nitrogens with zero attached hydrogens (tertiary/aromatic N) is 1. The summed E-state index contributed by atoms with van der Waals surface area (Å²) in [5, 5.41) is 10.2. The van der Waals surface area contributed by atoms with Gasteiger partial charge in [0.05, 0.1) is 4.92 Å². The normalized spacial score (nSPS) is 11.9. The van der Waals surface area contributed by atoms with Crippen LogP contribution in [0.3, 0.4) is 0 Å². The Morgan fingerprint density at radius 3 is 2.57 bits per heavy atom. The van der Waals surface area contributed by atoms with Crippen molar-refractivity contribution in [3.63, 3.8) is 0 Å². The molecule has 0 atom stereocenters. The maximum atomic E-state index is 10.2. The molecule has 0 saturated carbocycles. The van der Waals surface area contributed by atoms with Crippen molar-refractivity contribution in [1.29, 1.82) is 0 Å². The molecule has 0 amide bonds. The van der Waals surface area contributed by atoms with E-state index in [0.29, 0.717) is 0 Å². The van der Waals surface area contributed by atoms with Crippen LogP contribution in [0.25, 0.3) is 6.08 Å². The predicted molar refractivity (Wildman–Crippen MR) is 59.5 cm³/mol. The van der Waals surface area contributed by atoms with Gasteiger partial charge in [-0.3, -0.25) is 10.1 Å². The zero-order valence-electron chi connectivity index (χ0n) is 7.26. The largest absolute Gasteiger partial charge is 0.310 e. The molecule has 0 aromatic heterocycles. The van der Waals surface area contributed by atoms with E-state index in [4.69, 9.17) is 0 Å². The van der Waals surface area contributed by atoms with Crippen molar-refractivity contribution >= 4 is 22.0 Å². The Morgan fingerprint density at radius 1 is 1.36 bits per heavy atom. The van der Waals surface area contributed by atoms with E-state index < -0.39 is 4.92 Å². The number of nitro groups is 1. The molecule has 72 valence electrons. The van der Waals surface area contributed by atoms with Gasteiger partial charge < -0.3 is 0 Å². The third kappa shape index (κ3) is 3.53. The molecule has 14 heavy (non-hydrogen) atoms. The van der Waals surface area contributed by atoms with Crippen molar-refractivity contribution in [3.05, 3.63) is 62.8 Å². The molecular weight excluding hydrogens is 246 g/mol. The Hall–Kier alpha value is -1.42. The average molecular weight is 254 g/mol. The van der Waals surface area contributed by atoms with E-state index in [1.807, 2.05) is 30.3 Å². The zero-order valence-corrected chi connectivity index (χ0v) is 8.85. The van der Waals surface area contributed by atoms with Crippen molar-refractivity contribution in [3.8, 4) is 0 Å². The van der Waals surface area contributed by atoms with Gasteiger partial charge in [0, 0.05) is 22.0 Å². The zero-order chi connectivity index (χ0) is 10.4. The minimum Gasteiger partial charge on any atom is -0.258 e. The van der Waals surface area contributed by atoms with Crippen LogP contribution in [-0.2, 0) is 0 Å². The summed E-state index contributed by atoms with van der Waals surface area (Å²) in [4.78, 5) is 9.71. The van der Waals surface area contributed by atoms with Crippen molar-refractivity contribution in [2.75, 3.05) is 0 Å². The highest BCUT2D eigenvalue weighted by Crippen LogP contribution is 2.06. The summed E-state index contributed by atoms with van der Waals surface area (Å²) in [6.45, 7) is 0. The van der Waals surface area contributed by atoms with Crippen molar-refractivity contribution in [2.45, 2.75) is 0 Å². The molecule has 1 aromatic rings. The van der Waals surface area contributed by atoms with Crippen LogP contribution in [0.2, 0.25) is 0 Å². The Bertz CT molecular complexity index is 371.